The Bertz CT molecular complexity index is 1150. The number of rotatable bonds is 12. The van der Waals surface area contributed by atoms with Crippen molar-refractivity contribution in [3.63, 3.8) is 0 Å². The Labute approximate surface area is 200 Å². The van der Waals surface area contributed by atoms with Crippen molar-refractivity contribution in [1.82, 2.24) is 4.90 Å². The first-order valence-electron chi connectivity index (χ1n) is 10.4. The maximum atomic E-state index is 12.6. The third-order valence-corrected chi connectivity index (χ3v) is 5.93. The van der Waals surface area contributed by atoms with Crippen molar-refractivity contribution in [2.24, 2.45) is 5.14 Å². The van der Waals surface area contributed by atoms with E-state index < -0.39 is 28.2 Å². The van der Waals surface area contributed by atoms with Crippen molar-refractivity contribution in [2.75, 3.05) is 20.2 Å². The molecule has 0 aliphatic rings. The number of nitrogens with two attached hydrogens (primary N) is 1. The summed E-state index contributed by atoms with van der Waals surface area (Å²) in [5, 5.41) is 14.6. The van der Waals surface area contributed by atoms with E-state index in [9.17, 15) is 36.3 Å². The average molecular weight is 519 g/mol. The molecule has 1 amide bonds. The Morgan fingerprint density at radius 1 is 1.06 bits per heavy atom. The summed E-state index contributed by atoms with van der Waals surface area (Å²) in [4.78, 5) is 24.7. The lowest BCUT2D eigenvalue weighted by molar-refractivity contribution is -0.274. The molecule has 0 aromatic heterocycles. The van der Waals surface area contributed by atoms with E-state index in [0.29, 0.717) is 12.8 Å². The molecule has 0 atom stereocenters. The van der Waals surface area contributed by atoms with Crippen LogP contribution >= 0.6 is 0 Å². The molecule has 192 valence electrons. The molecular formula is C22H25F3N2O7S. The van der Waals surface area contributed by atoms with Gasteiger partial charge in [0.15, 0.2) is 5.78 Å². The summed E-state index contributed by atoms with van der Waals surface area (Å²) in [6.45, 7) is -0.0202. The first-order chi connectivity index (χ1) is 16.3. The minimum absolute atomic E-state index is 0.000326. The topological polar surface area (TPSA) is 136 Å². The zero-order valence-electron chi connectivity index (χ0n) is 18.7. The second-order valence-corrected chi connectivity index (χ2v) is 9.00. The zero-order valence-corrected chi connectivity index (χ0v) is 19.6. The van der Waals surface area contributed by atoms with E-state index in [0.717, 1.165) is 17.0 Å². The zero-order chi connectivity index (χ0) is 26.2. The number of unbranched alkanes of at least 4 members (excludes halogenated alkanes) is 1. The Morgan fingerprint density at radius 2 is 1.74 bits per heavy atom. The number of nitrogens with zero attached hydrogens (tertiary/aromatic N) is 1. The predicted octanol–water partition coefficient (Wildman–Crippen LogP) is 3.82. The van der Waals surface area contributed by atoms with Crippen LogP contribution in [0.4, 0.5) is 18.0 Å². The van der Waals surface area contributed by atoms with Crippen molar-refractivity contribution < 1.29 is 45.8 Å². The predicted molar refractivity (Wildman–Crippen MR) is 119 cm³/mol. The van der Waals surface area contributed by atoms with Gasteiger partial charge in [0.2, 0.25) is 10.0 Å². The summed E-state index contributed by atoms with van der Waals surface area (Å²) in [5.74, 6) is -0.754. The highest BCUT2D eigenvalue weighted by Crippen LogP contribution is 2.27. The van der Waals surface area contributed by atoms with Gasteiger partial charge in [0.1, 0.15) is 16.4 Å². The average Bonchev–Trinajstić information content (AvgIpc) is 2.77. The number of ether oxygens (including phenoxy) is 2. The molecule has 2 aromatic carbocycles. The Kier molecular flexibility index (Phi) is 9.48. The molecular weight excluding hydrogens is 493 g/mol. The Morgan fingerprint density at radius 3 is 2.34 bits per heavy atom. The molecule has 35 heavy (non-hydrogen) atoms. The molecule has 0 unspecified atom stereocenters. The summed E-state index contributed by atoms with van der Waals surface area (Å²) >= 11 is 0. The van der Waals surface area contributed by atoms with Gasteiger partial charge in [0.05, 0.1) is 7.11 Å². The minimum atomic E-state index is -4.87. The number of hydrogen-bond acceptors (Lipinski definition) is 6. The number of sulfonamides is 1. The molecule has 0 saturated heterocycles. The summed E-state index contributed by atoms with van der Waals surface area (Å²) in [6, 6.07) is 9.32. The highest BCUT2D eigenvalue weighted by atomic mass is 32.2. The van der Waals surface area contributed by atoms with Gasteiger partial charge in [-0.25, -0.2) is 18.4 Å². The number of ketones is 1. The minimum Gasteiger partial charge on any atom is -0.495 e. The van der Waals surface area contributed by atoms with Gasteiger partial charge >= 0.3 is 12.5 Å². The second-order valence-electron chi connectivity index (χ2n) is 7.47. The van der Waals surface area contributed by atoms with Gasteiger partial charge in [0.25, 0.3) is 0 Å². The Hall–Kier alpha value is -3.32. The van der Waals surface area contributed by atoms with Crippen molar-refractivity contribution >= 4 is 21.9 Å². The molecule has 9 nitrogen and oxygen atoms in total. The van der Waals surface area contributed by atoms with E-state index in [-0.39, 0.29) is 53.5 Å². The van der Waals surface area contributed by atoms with Crippen molar-refractivity contribution in [3.05, 3.63) is 53.6 Å². The SMILES string of the molecule is COc1ccc(C(=O)CCCCN(CCc2ccccc2OC(F)(F)F)C(=O)O)cc1S(N)(=O)=O. The maximum Gasteiger partial charge on any atom is 0.573 e. The fraction of sp³-hybridized carbons (Fsp3) is 0.364. The van der Waals surface area contributed by atoms with E-state index in [1.54, 1.807) is 0 Å². The van der Waals surface area contributed by atoms with Crippen LogP contribution in [0.15, 0.2) is 47.4 Å². The lowest BCUT2D eigenvalue weighted by Gasteiger charge is -2.20. The van der Waals surface area contributed by atoms with Crippen LogP contribution in [-0.2, 0) is 16.4 Å². The molecule has 2 aromatic rings. The number of alkyl halides is 3. The van der Waals surface area contributed by atoms with Crippen LogP contribution < -0.4 is 14.6 Å². The Balaban J connectivity index is 1.93. The number of hydrogen-bond donors (Lipinski definition) is 2. The number of methoxy groups -OCH3 is 1. The molecule has 0 saturated carbocycles. The standard InChI is InChI=1S/C22H25F3N2O7S/c1-33-19-10-9-16(14-20(19)35(26,31)32)17(28)7-4-5-12-27(21(29)30)13-11-15-6-2-3-8-18(15)34-22(23,24)25/h2-3,6,8-10,14H,4-5,7,11-13H2,1H3,(H,29,30)(H2,26,31,32). The number of halogens is 3. The molecule has 0 heterocycles. The van der Waals surface area contributed by atoms with Gasteiger partial charge in [-0.1, -0.05) is 18.2 Å². The number of para-hydroxylation sites is 1. The van der Waals surface area contributed by atoms with E-state index >= 15 is 0 Å². The van der Waals surface area contributed by atoms with Crippen LogP contribution in [-0.4, -0.2) is 56.9 Å². The number of carbonyl (C=O) groups is 2. The smallest absolute Gasteiger partial charge is 0.495 e. The molecule has 3 N–H and O–H groups in total. The molecule has 0 fully saturated rings. The molecule has 2 rings (SSSR count). The fourth-order valence-electron chi connectivity index (χ4n) is 3.30. The molecule has 0 aliphatic carbocycles. The molecule has 13 heteroatoms. The van der Waals surface area contributed by atoms with Gasteiger partial charge in [0, 0.05) is 25.1 Å². The van der Waals surface area contributed by atoms with E-state index in [1.165, 1.54) is 37.4 Å². The van der Waals surface area contributed by atoms with E-state index in [4.69, 9.17) is 9.88 Å². The summed E-state index contributed by atoms with van der Waals surface area (Å²) in [6.07, 6.45) is -5.50. The van der Waals surface area contributed by atoms with Gasteiger partial charge in [-0.05, 0) is 49.1 Å². The van der Waals surface area contributed by atoms with Crippen LogP contribution in [0.25, 0.3) is 0 Å². The molecule has 0 radical (unpaired) electrons. The maximum absolute atomic E-state index is 12.6. The summed E-state index contributed by atoms with van der Waals surface area (Å²) in [5.41, 5.74) is 0.322. The quantitative estimate of drug-likeness (QED) is 0.322. The van der Waals surface area contributed by atoms with Crippen LogP contribution in [0, 0.1) is 0 Å². The van der Waals surface area contributed by atoms with Crippen LogP contribution in [0.2, 0.25) is 0 Å². The number of Topliss-reactive ketones (excluding diaryl/α,β-unsaturated/α-hetero) is 1. The number of carboxylic acid groups (broad SMARTS) is 1. The first kappa shape index (κ1) is 27.9. The van der Waals surface area contributed by atoms with Crippen molar-refractivity contribution in [2.45, 2.75) is 36.9 Å². The van der Waals surface area contributed by atoms with Crippen LogP contribution in [0.3, 0.4) is 0 Å². The lowest BCUT2D eigenvalue weighted by Crippen LogP contribution is -2.32. The first-order valence-corrected chi connectivity index (χ1v) is 11.9. The summed E-state index contributed by atoms with van der Waals surface area (Å²) in [7, 11) is -2.85. The van der Waals surface area contributed by atoms with Crippen LogP contribution in [0.1, 0.15) is 35.2 Å². The third-order valence-electron chi connectivity index (χ3n) is 4.99. The summed E-state index contributed by atoms with van der Waals surface area (Å²) < 4.78 is 70.0. The highest BCUT2D eigenvalue weighted by molar-refractivity contribution is 7.89. The van der Waals surface area contributed by atoms with Crippen molar-refractivity contribution in [1.29, 1.82) is 0 Å². The molecule has 0 bridgehead atoms. The monoisotopic (exact) mass is 518 g/mol. The third kappa shape index (κ3) is 8.76. The van der Waals surface area contributed by atoms with Gasteiger partial charge in [-0.2, -0.15) is 0 Å². The highest BCUT2D eigenvalue weighted by Gasteiger charge is 2.32. The number of primary sulfonamides is 1. The number of benzene rings is 2. The largest absolute Gasteiger partial charge is 0.573 e. The van der Waals surface area contributed by atoms with Crippen molar-refractivity contribution in [3.8, 4) is 11.5 Å². The lowest BCUT2D eigenvalue weighted by atomic mass is 10.0. The van der Waals surface area contributed by atoms with Gasteiger partial charge in [-0.3, -0.25) is 4.79 Å². The van der Waals surface area contributed by atoms with E-state index in [1.807, 2.05) is 0 Å². The molecule has 0 aliphatic heterocycles. The van der Waals surface area contributed by atoms with E-state index in [2.05, 4.69) is 4.74 Å². The normalized spacial score (nSPS) is 11.7. The van der Waals surface area contributed by atoms with Crippen LogP contribution in [0.5, 0.6) is 11.5 Å². The van der Waals surface area contributed by atoms with Gasteiger partial charge in [-0.15, -0.1) is 13.2 Å². The van der Waals surface area contributed by atoms with Gasteiger partial charge < -0.3 is 19.5 Å². The molecule has 0 spiro atoms. The second kappa shape index (κ2) is 11.9. The number of carbonyl (C=O) groups excluding carboxylic acids is 1. The fourth-order valence-corrected chi connectivity index (χ4v) is 4.02. The number of amides is 1.